The van der Waals surface area contributed by atoms with E-state index in [4.69, 9.17) is 4.42 Å². The van der Waals surface area contributed by atoms with Gasteiger partial charge in [-0.25, -0.2) is 0 Å². The van der Waals surface area contributed by atoms with Crippen LogP contribution >= 0.6 is 0 Å². The summed E-state index contributed by atoms with van der Waals surface area (Å²) < 4.78 is 5.71. The Hall–Kier alpha value is -1.68. The van der Waals surface area contributed by atoms with Gasteiger partial charge in [0.05, 0.1) is 6.54 Å². The zero-order valence-electron chi connectivity index (χ0n) is 13.1. The molecule has 1 aromatic carbocycles. The highest BCUT2D eigenvalue weighted by Gasteiger charge is 2.14. The predicted molar refractivity (Wildman–Crippen MR) is 84.8 cm³/mol. The van der Waals surface area contributed by atoms with Gasteiger partial charge in [-0.15, -0.1) is 10.2 Å². The molecule has 0 atom stereocenters. The first-order valence-corrected chi connectivity index (χ1v) is 7.93. The lowest BCUT2D eigenvalue weighted by atomic mass is 10.1. The van der Waals surface area contributed by atoms with Gasteiger partial charge in [-0.3, -0.25) is 4.90 Å². The van der Waals surface area contributed by atoms with Crippen LogP contribution < -0.4 is 0 Å². The topological polar surface area (TPSA) is 42.2 Å². The minimum Gasteiger partial charge on any atom is -0.419 e. The van der Waals surface area contributed by atoms with Crippen molar-refractivity contribution in [3.63, 3.8) is 0 Å². The molecule has 1 aliphatic rings. The fraction of sp³-hybridized carbons (Fsp3) is 0.529. The van der Waals surface area contributed by atoms with Crippen LogP contribution in [0.4, 0.5) is 0 Å². The molecule has 0 unspecified atom stereocenters. The number of nitrogens with zero attached hydrogens (tertiary/aromatic N) is 3. The smallest absolute Gasteiger partial charge is 0.247 e. The maximum absolute atomic E-state index is 5.71. The molecule has 21 heavy (non-hydrogen) atoms. The van der Waals surface area contributed by atoms with Crippen molar-refractivity contribution in [1.29, 1.82) is 0 Å². The van der Waals surface area contributed by atoms with Gasteiger partial charge in [-0.05, 0) is 38.1 Å². The quantitative estimate of drug-likeness (QED) is 0.851. The molecule has 4 heteroatoms. The Kier molecular flexibility index (Phi) is 6.41. The summed E-state index contributed by atoms with van der Waals surface area (Å²) in [6, 6.07) is 9.90. The van der Waals surface area contributed by atoms with E-state index in [9.17, 15) is 0 Å². The number of rotatable bonds is 3. The first-order chi connectivity index (χ1) is 10.3. The molecular formula is C17H25N3O. The van der Waals surface area contributed by atoms with Crippen LogP contribution in [-0.2, 0) is 6.54 Å². The van der Waals surface area contributed by atoms with Gasteiger partial charge >= 0.3 is 0 Å². The Labute approximate surface area is 127 Å². The summed E-state index contributed by atoms with van der Waals surface area (Å²) in [5.74, 6) is 1.33. The lowest BCUT2D eigenvalue weighted by Gasteiger charge is -2.24. The van der Waals surface area contributed by atoms with E-state index in [-0.39, 0.29) is 0 Å². The van der Waals surface area contributed by atoms with Gasteiger partial charge in [0.2, 0.25) is 11.8 Å². The van der Waals surface area contributed by atoms with Crippen molar-refractivity contribution >= 4 is 0 Å². The molecule has 0 aliphatic carbocycles. The first kappa shape index (κ1) is 15.7. The number of benzene rings is 1. The van der Waals surface area contributed by atoms with Gasteiger partial charge in [-0.1, -0.05) is 44.9 Å². The molecule has 2 heterocycles. The van der Waals surface area contributed by atoms with Gasteiger partial charge < -0.3 is 4.42 Å². The Morgan fingerprint density at radius 2 is 1.67 bits per heavy atom. The summed E-state index contributed by atoms with van der Waals surface area (Å²) in [5, 5.41) is 8.24. The molecular weight excluding hydrogens is 262 g/mol. The Morgan fingerprint density at radius 3 is 2.33 bits per heavy atom. The van der Waals surface area contributed by atoms with E-state index in [2.05, 4.69) is 28.9 Å². The molecule has 0 bridgehead atoms. The van der Waals surface area contributed by atoms with Crippen molar-refractivity contribution in [2.24, 2.45) is 0 Å². The third kappa shape index (κ3) is 4.97. The second kappa shape index (κ2) is 8.57. The number of aromatic nitrogens is 2. The molecule has 1 saturated heterocycles. The number of piperidine rings is 1. The fourth-order valence-corrected chi connectivity index (χ4v) is 2.32. The first-order valence-electron chi connectivity index (χ1n) is 7.93. The van der Waals surface area contributed by atoms with Crippen LogP contribution in [0, 0.1) is 0 Å². The lowest BCUT2D eigenvalue weighted by molar-refractivity contribution is 0.202. The maximum atomic E-state index is 5.71. The average molecular weight is 287 g/mol. The highest BCUT2D eigenvalue weighted by molar-refractivity contribution is 5.51. The van der Waals surface area contributed by atoms with Crippen LogP contribution in [0.1, 0.15) is 45.4 Å². The molecule has 1 aromatic heterocycles. The number of hydrogen-bond donors (Lipinski definition) is 0. The Bertz CT molecular complexity index is 504. The SMILES string of the molecule is CCC.c1ccc(-c2nnc(CN3CCCCC3)o2)cc1. The van der Waals surface area contributed by atoms with Crippen molar-refractivity contribution in [3.05, 3.63) is 36.2 Å². The summed E-state index contributed by atoms with van der Waals surface area (Å²) in [7, 11) is 0. The minimum absolute atomic E-state index is 0.614. The van der Waals surface area contributed by atoms with Crippen molar-refractivity contribution in [1.82, 2.24) is 15.1 Å². The van der Waals surface area contributed by atoms with E-state index in [1.54, 1.807) is 0 Å². The summed E-state index contributed by atoms with van der Waals surface area (Å²) in [5.41, 5.74) is 0.981. The van der Waals surface area contributed by atoms with Crippen molar-refractivity contribution < 1.29 is 4.42 Å². The van der Waals surface area contributed by atoms with E-state index in [0.717, 1.165) is 31.1 Å². The highest BCUT2D eigenvalue weighted by Crippen LogP contribution is 2.18. The summed E-state index contributed by atoms with van der Waals surface area (Å²) in [4.78, 5) is 2.38. The van der Waals surface area contributed by atoms with Crippen molar-refractivity contribution in [2.45, 2.75) is 46.1 Å². The number of hydrogen-bond acceptors (Lipinski definition) is 4. The minimum atomic E-state index is 0.614. The third-order valence-electron chi connectivity index (χ3n) is 3.30. The molecule has 0 N–H and O–H groups in total. The van der Waals surface area contributed by atoms with E-state index >= 15 is 0 Å². The van der Waals surface area contributed by atoms with E-state index in [1.807, 2.05) is 30.3 Å². The largest absolute Gasteiger partial charge is 0.419 e. The molecule has 0 spiro atoms. The van der Waals surface area contributed by atoms with E-state index in [0.29, 0.717) is 5.89 Å². The number of likely N-dealkylation sites (tertiary alicyclic amines) is 1. The van der Waals surface area contributed by atoms with Crippen LogP contribution in [0.15, 0.2) is 34.7 Å². The van der Waals surface area contributed by atoms with Gasteiger partial charge in [-0.2, -0.15) is 0 Å². The third-order valence-corrected chi connectivity index (χ3v) is 3.30. The molecule has 3 rings (SSSR count). The van der Waals surface area contributed by atoms with Crippen molar-refractivity contribution in [3.8, 4) is 11.5 Å². The Morgan fingerprint density at radius 1 is 1.00 bits per heavy atom. The second-order valence-electron chi connectivity index (χ2n) is 5.41. The van der Waals surface area contributed by atoms with Crippen LogP contribution in [-0.4, -0.2) is 28.2 Å². The maximum Gasteiger partial charge on any atom is 0.247 e. The highest BCUT2D eigenvalue weighted by atomic mass is 16.4. The summed E-state index contributed by atoms with van der Waals surface area (Å²) in [6.07, 6.45) is 5.15. The van der Waals surface area contributed by atoms with Crippen LogP contribution in [0.25, 0.3) is 11.5 Å². The molecule has 4 nitrogen and oxygen atoms in total. The lowest BCUT2D eigenvalue weighted by Crippen LogP contribution is -2.29. The average Bonchev–Trinajstić information content (AvgIpc) is 2.99. The summed E-state index contributed by atoms with van der Waals surface area (Å²) in [6.45, 7) is 7.31. The van der Waals surface area contributed by atoms with Crippen LogP contribution in [0.3, 0.4) is 0 Å². The Balaban J connectivity index is 0.000000497. The monoisotopic (exact) mass is 287 g/mol. The second-order valence-corrected chi connectivity index (χ2v) is 5.41. The normalized spacial score (nSPS) is 15.3. The van der Waals surface area contributed by atoms with Crippen LogP contribution in [0.2, 0.25) is 0 Å². The molecule has 114 valence electrons. The van der Waals surface area contributed by atoms with E-state index < -0.39 is 0 Å². The molecule has 2 aromatic rings. The molecule has 0 amide bonds. The van der Waals surface area contributed by atoms with E-state index in [1.165, 1.54) is 25.7 Å². The fourth-order valence-electron chi connectivity index (χ4n) is 2.32. The summed E-state index contributed by atoms with van der Waals surface area (Å²) >= 11 is 0. The molecule has 1 aliphatic heterocycles. The molecule has 0 radical (unpaired) electrons. The van der Waals surface area contributed by atoms with Gasteiger partial charge in [0.25, 0.3) is 0 Å². The standard InChI is InChI=1S/C14H17N3O.C3H8/c1-3-7-12(8-4-1)14-16-15-13(18-14)11-17-9-5-2-6-10-17;1-3-2/h1,3-4,7-8H,2,5-6,9-11H2;3H2,1-2H3. The zero-order valence-corrected chi connectivity index (χ0v) is 13.1. The van der Waals surface area contributed by atoms with Crippen LogP contribution in [0.5, 0.6) is 0 Å². The molecule has 1 fully saturated rings. The van der Waals surface area contributed by atoms with Crippen molar-refractivity contribution in [2.75, 3.05) is 13.1 Å². The predicted octanol–water partition coefficient (Wildman–Crippen LogP) is 4.14. The zero-order chi connectivity index (χ0) is 14.9. The van der Waals surface area contributed by atoms with Gasteiger partial charge in [0, 0.05) is 5.56 Å². The van der Waals surface area contributed by atoms with Gasteiger partial charge in [0.1, 0.15) is 0 Å². The molecule has 0 saturated carbocycles. The van der Waals surface area contributed by atoms with Gasteiger partial charge in [0.15, 0.2) is 0 Å².